The third-order valence-electron chi connectivity index (χ3n) is 6.09. The van der Waals surface area contributed by atoms with Crippen molar-refractivity contribution in [1.82, 2.24) is 15.1 Å². The molecule has 25 heavy (non-hydrogen) atoms. The first-order chi connectivity index (χ1) is 12.1. The third kappa shape index (κ3) is 4.16. The maximum atomic E-state index is 3.51. The van der Waals surface area contributed by atoms with Crippen LogP contribution in [0.4, 0.5) is 0 Å². The normalized spacial score (nSPS) is 22.8. The monoisotopic (exact) mass is 341 g/mol. The second-order valence-electron chi connectivity index (χ2n) is 7.95. The zero-order valence-corrected chi connectivity index (χ0v) is 16.3. The summed E-state index contributed by atoms with van der Waals surface area (Å²) < 4.78 is 0. The van der Waals surface area contributed by atoms with Gasteiger partial charge in [0.25, 0.3) is 0 Å². The van der Waals surface area contributed by atoms with Crippen LogP contribution < -0.4 is 5.32 Å². The van der Waals surface area contributed by atoms with Gasteiger partial charge in [-0.1, -0.05) is 42.8 Å². The largest absolute Gasteiger partial charge is 0.314 e. The van der Waals surface area contributed by atoms with Gasteiger partial charge in [-0.05, 0) is 57.8 Å². The highest BCUT2D eigenvalue weighted by Gasteiger charge is 2.38. The molecule has 1 aromatic rings. The summed E-state index contributed by atoms with van der Waals surface area (Å²) in [6.45, 7) is 14.0. The van der Waals surface area contributed by atoms with Gasteiger partial charge in [0.2, 0.25) is 0 Å². The van der Waals surface area contributed by atoms with Crippen LogP contribution in [0.25, 0.3) is 0 Å². The van der Waals surface area contributed by atoms with Crippen LogP contribution in [0, 0.1) is 0 Å². The number of rotatable bonds is 5. The van der Waals surface area contributed by atoms with Gasteiger partial charge < -0.3 is 5.32 Å². The third-order valence-corrected chi connectivity index (χ3v) is 6.09. The maximum absolute atomic E-state index is 3.51. The predicted molar refractivity (Wildman–Crippen MR) is 107 cm³/mol. The van der Waals surface area contributed by atoms with Crippen molar-refractivity contribution in [2.45, 2.75) is 51.6 Å². The number of nitrogens with zero attached hydrogens (tertiary/aromatic N) is 2. The summed E-state index contributed by atoms with van der Waals surface area (Å²) in [5, 5.41) is 3.51. The van der Waals surface area contributed by atoms with Crippen LogP contribution in [0.2, 0.25) is 0 Å². The summed E-state index contributed by atoms with van der Waals surface area (Å²) >= 11 is 0. The summed E-state index contributed by atoms with van der Waals surface area (Å²) in [6, 6.07) is 11.5. The summed E-state index contributed by atoms with van der Waals surface area (Å²) in [5.74, 6) is 0. The molecule has 1 N–H and O–H groups in total. The molecule has 0 bridgehead atoms. The molecule has 0 amide bonds. The van der Waals surface area contributed by atoms with Gasteiger partial charge in [-0.3, -0.25) is 9.80 Å². The Hall–Kier alpha value is -1.16. The number of allylic oxidation sites excluding steroid dienone is 1. The van der Waals surface area contributed by atoms with Crippen molar-refractivity contribution in [2.24, 2.45) is 0 Å². The van der Waals surface area contributed by atoms with Gasteiger partial charge in [-0.25, -0.2) is 0 Å². The molecule has 2 saturated heterocycles. The first-order valence-electron chi connectivity index (χ1n) is 10.1. The van der Waals surface area contributed by atoms with Crippen LogP contribution in [-0.4, -0.2) is 54.6 Å². The van der Waals surface area contributed by atoms with Gasteiger partial charge in [-0.2, -0.15) is 0 Å². The summed E-state index contributed by atoms with van der Waals surface area (Å²) in [4.78, 5) is 5.39. The van der Waals surface area contributed by atoms with Crippen molar-refractivity contribution < 1.29 is 0 Å². The van der Waals surface area contributed by atoms with Gasteiger partial charge in [0.15, 0.2) is 0 Å². The fourth-order valence-electron chi connectivity index (χ4n) is 4.64. The van der Waals surface area contributed by atoms with E-state index in [1.165, 1.54) is 37.9 Å². The molecule has 2 fully saturated rings. The summed E-state index contributed by atoms with van der Waals surface area (Å²) in [7, 11) is 0. The van der Waals surface area contributed by atoms with E-state index in [0.29, 0.717) is 6.04 Å². The average Bonchev–Trinajstić information content (AvgIpc) is 2.68. The molecule has 0 saturated carbocycles. The van der Waals surface area contributed by atoms with Crippen molar-refractivity contribution in [1.29, 1.82) is 0 Å². The van der Waals surface area contributed by atoms with Crippen molar-refractivity contribution in [3.8, 4) is 0 Å². The summed E-state index contributed by atoms with van der Waals surface area (Å²) in [6.07, 6.45) is 6.46. The Morgan fingerprint density at radius 2 is 1.64 bits per heavy atom. The zero-order valence-electron chi connectivity index (χ0n) is 16.3. The molecule has 3 nitrogen and oxygen atoms in total. The summed E-state index contributed by atoms with van der Waals surface area (Å²) in [5.41, 5.74) is 3.09. The minimum Gasteiger partial charge on any atom is -0.314 e. The molecule has 2 aliphatic heterocycles. The van der Waals surface area contributed by atoms with E-state index in [2.05, 4.69) is 72.3 Å². The first kappa shape index (κ1) is 18.6. The highest BCUT2D eigenvalue weighted by Crippen LogP contribution is 2.39. The molecule has 3 rings (SSSR count). The van der Waals surface area contributed by atoms with E-state index in [9.17, 15) is 0 Å². The lowest BCUT2D eigenvalue weighted by atomic mass is 9.81. The van der Waals surface area contributed by atoms with Crippen molar-refractivity contribution in [3.63, 3.8) is 0 Å². The topological polar surface area (TPSA) is 18.5 Å². The Kier molecular flexibility index (Phi) is 6.32. The highest BCUT2D eigenvalue weighted by molar-refractivity contribution is 5.34. The molecule has 3 heteroatoms. The van der Waals surface area contributed by atoms with E-state index < -0.39 is 0 Å². The van der Waals surface area contributed by atoms with Crippen LogP contribution in [0.1, 0.15) is 51.6 Å². The molecule has 1 aromatic carbocycles. The van der Waals surface area contributed by atoms with Crippen LogP contribution in [-0.2, 0) is 0 Å². The predicted octanol–water partition coefficient (Wildman–Crippen LogP) is 3.84. The van der Waals surface area contributed by atoms with Gasteiger partial charge in [0, 0.05) is 31.7 Å². The number of piperidine rings is 1. The Bertz CT molecular complexity index is 552. The number of hydrogen-bond acceptors (Lipinski definition) is 3. The van der Waals surface area contributed by atoms with E-state index in [-0.39, 0.29) is 5.54 Å². The lowest BCUT2D eigenvalue weighted by Crippen LogP contribution is -2.53. The van der Waals surface area contributed by atoms with E-state index in [1.54, 1.807) is 5.57 Å². The minimum absolute atomic E-state index is 0.0978. The number of piperazine rings is 1. The zero-order chi connectivity index (χ0) is 17.7. The van der Waals surface area contributed by atoms with Gasteiger partial charge in [0.1, 0.15) is 0 Å². The number of hydrogen-bond donors (Lipinski definition) is 1. The fraction of sp³-hybridized carbons (Fsp3) is 0.636. The first-order valence-corrected chi connectivity index (χ1v) is 10.1. The van der Waals surface area contributed by atoms with E-state index in [1.807, 2.05) is 0 Å². The SMILES string of the molecule is C/C=C(/C(c1ccccc1)N1CCNCC1)C(C)(C)N1CCCCC1. The lowest BCUT2D eigenvalue weighted by Gasteiger charge is -2.48. The second-order valence-corrected chi connectivity index (χ2v) is 7.95. The molecule has 138 valence electrons. The average molecular weight is 342 g/mol. The van der Waals surface area contributed by atoms with Crippen molar-refractivity contribution >= 4 is 0 Å². The van der Waals surface area contributed by atoms with Crippen LogP contribution >= 0.6 is 0 Å². The van der Waals surface area contributed by atoms with E-state index in [4.69, 9.17) is 0 Å². The molecule has 0 spiro atoms. The van der Waals surface area contributed by atoms with Gasteiger partial charge in [-0.15, -0.1) is 0 Å². The molecule has 2 aliphatic rings. The molecule has 2 heterocycles. The molecular weight excluding hydrogens is 306 g/mol. The standard InChI is InChI=1S/C22H35N3/c1-4-20(22(2,3)25-15-9-6-10-16-25)21(19-11-7-5-8-12-19)24-17-13-23-14-18-24/h4-5,7-8,11-12,21,23H,6,9-10,13-18H2,1-3H3/b20-4-. The molecule has 0 aliphatic carbocycles. The second kappa shape index (κ2) is 8.48. The Balaban J connectivity index is 1.94. The van der Waals surface area contributed by atoms with Crippen molar-refractivity contribution in [2.75, 3.05) is 39.3 Å². The fourth-order valence-corrected chi connectivity index (χ4v) is 4.64. The quantitative estimate of drug-likeness (QED) is 0.821. The molecule has 0 aromatic heterocycles. The lowest BCUT2D eigenvalue weighted by molar-refractivity contribution is 0.0972. The Morgan fingerprint density at radius 3 is 2.24 bits per heavy atom. The van der Waals surface area contributed by atoms with Crippen LogP contribution in [0.15, 0.2) is 42.0 Å². The maximum Gasteiger partial charge on any atom is 0.0579 e. The molecule has 1 atom stereocenters. The molecule has 1 unspecified atom stereocenters. The number of benzene rings is 1. The molecule has 0 radical (unpaired) electrons. The Labute approximate surface area is 154 Å². The Morgan fingerprint density at radius 1 is 1.00 bits per heavy atom. The highest BCUT2D eigenvalue weighted by atomic mass is 15.2. The minimum atomic E-state index is 0.0978. The van der Waals surface area contributed by atoms with Gasteiger partial charge in [0.05, 0.1) is 6.04 Å². The van der Waals surface area contributed by atoms with Crippen molar-refractivity contribution in [3.05, 3.63) is 47.5 Å². The van der Waals surface area contributed by atoms with E-state index >= 15 is 0 Å². The number of nitrogens with one attached hydrogen (secondary N) is 1. The van der Waals surface area contributed by atoms with E-state index in [0.717, 1.165) is 26.2 Å². The smallest absolute Gasteiger partial charge is 0.0579 e. The van der Waals surface area contributed by atoms with Gasteiger partial charge >= 0.3 is 0 Å². The van der Waals surface area contributed by atoms with Crippen LogP contribution in [0.5, 0.6) is 0 Å². The number of likely N-dealkylation sites (tertiary alicyclic amines) is 1. The molecular formula is C22H35N3. The van der Waals surface area contributed by atoms with Crippen LogP contribution in [0.3, 0.4) is 0 Å².